The second-order valence-corrected chi connectivity index (χ2v) is 4.93. The van der Waals surface area contributed by atoms with Crippen LogP contribution in [0.3, 0.4) is 0 Å². The minimum absolute atomic E-state index is 0.0953. The van der Waals surface area contributed by atoms with Crippen molar-refractivity contribution in [2.75, 3.05) is 25.0 Å². The van der Waals surface area contributed by atoms with Crippen molar-refractivity contribution in [2.24, 2.45) is 0 Å². The number of hydrogen-bond acceptors (Lipinski definition) is 6. The van der Waals surface area contributed by atoms with Gasteiger partial charge in [0, 0.05) is 6.04 Å². The van der Waals surface area contributed by atoms with Crippen LogP contribution in [0.4, 0.5) is 5.13 Å². The van der Waals surface area contributed by atoms with Gasteiger partial charge in [0.1, 0.15) is 5.51 Å². The summed E-state index contributed by atoms with van der Waals surface area (Å²) in [4.78, 5) is 13.8. The van der Waals surface area contributed by atoms with E-state index in [1.165, 1.54) is 11.3 Å². The van der Waals surface area contributed by atoms with E-state index in [0.717, 1.165) is 25.8 Å². The number of amides is 1. The third-order valence-corrected chi connectivity index (χ3v) is 3.52. The average Bonchev–Trinajstić information content (AvgIpc) is 2.82. The highest BCUT2D eigenvalue weighted by molar-refractivity contribution is 7.13. The summed E-state index contributed by atoms with van der Waals surface area (Å²) in [5.41, 5.74) is 1.58. The molecule has 0 spiro atoms. The highest BCUT2D eigenvalue weighted by Gasteiger charge is 2.23. The smallest absolute Gasteiger partial charge is 0.240 e. The van der Waals surface area contributed by atoms with Crippen molar-refractivity contribution < 1.29 is 9.90 Å². The summed E-state index contributed by atoms with van der Waals surface area (Å²) in [7, 11) is 0. The van der Waals surface area contributed by atoms with E-state index in [9.17, 15) is 9.90 Å². The number of carbonyl (C=O) groups excluding carboxylic acids is 1. The molecule has 1 fully saturated rings. The molecule has 0 bridgehead atoms. The van der Waals surface area contributed by atoms with Gasteiger partial charge in [0.15, 0.2) is 0 Å². The predicted octanol–water partition coefficient (Wildman–Crippen LogP) is 0.323. The molecule has 17 heavy (non-hydrogen) atoms. The van der Waals surface area contributed by atoms with Gasteiger partial charge < -0.3 is 5.11 Å². The Hall–Kier alpha value is -1.05. The van der Waals surface area contributed by atoms with Crippen molar-refractivity contribution in [3.05, 3.63) is 5.51 Å². The standard InChI is InChI=1S/C10H16N4O2S/c15-6-8-3-1-2-4-14(8)5-9(16)12-10-13-11-7-17-10/h7-8,15H,1-6H2,(H,12,13,16)/t8-/m1/s1. The second-order valence-electron chi connectivity index (χ2n) is 4.09. The first kappa shape index (κ1) is 12.4. The quantitative estimate of drug-likeness (QED) is 0.811. The molecule has 1 atom stereocenters. The molecule has 2 heterocycles. The molecular formula is C10H16N4O2S. The number of aliphatic hydroxyl groups excluding tert-OH is 1. The van der Waals surface area contributed by atoms with E-state index in [0.29, 0.717) is 11.7 Å². The summed E-state index contributed by atoms with van der Waals surface area (Å²) in [5.74, 6) is -0.0953. The fourth-order valence-corrected chi connectivity index (χ4v) is 2.51. The Morgan fingerprint density at radius 3 is 3.24 bits per heavy atom. The Morgan fingerprint density at radius 2 is 2.53 bits per heavy atom. The van der Waals surface area contributed by atoms with Crippen LogP contribution in [0.5, 0.6) is 0 Å². The van der Waals surface area contributed by atoms with Gasteiger partial charge in [0.05, 0.1) is 13.2 Å². The first-order valence-corrected chi connectivity index (χ1v) is 6.58. The van der Waals surface area contributed by atoms with Crippen molar-refractivity contribution >= 4 is 22.4 Å². The molecule has 1 aliphatic rings. The molecule has 2 rings (SSSR count). The summed E-state index contributed by atoms with van der Waals surface area (Å²) in [5, 5.41) is 19.9. The zero-order valence-corrected chi connectivity index (χ0v) is 10.3. The molecule has 1 aromatic rings. The highest BCUT2D eigenvalue weighted by atomic mass is 32.1. The molecule has 1 amide bonds. The van der Waals surface area contributed by atoms with E-state index in [4.69, 9.17) is 0 Å². The molecule has 0 saturated carbocycles. The maximum Gasteiger partial charge on any atom is 0.240 e. The molecule has 2 N–H and O–H groups in total. The van der Waals surface area contributed by atoms with Crippen LogP contribution in [0, 0.1) is 0 Å². The van der Waals surface area contributed by atoms with Crippen LogP contribution < -0.4 is 5.32 Å². The number of aromatic nitrogens is 2. The number of rotatable bonds is 4. The van der Waals surface area contributed by atoms with E-state index in [1.807, 2.05) is 4.90 Å². The normalized spacial score (nSPS) is 21.4. The zero-order valence-electron chi connectivity index (χ0n) is 9.50. The fourth-order valence-electron chi connectivity index (χ4n) is 2.05. The number of aliphatic hydroxyl groups is 1. The van der Waals surface area contributed by atoms with E-state index in [2.05, 4.69) is 15.5 Å². The van der Waals surface area contributed by atoms with Crippen molar-refractivity contribution in [3.8, 4) is 0 Å². The van der Waals surface area contributed by atoms with Gasteiger partial charge in [-0.05, 0) is 19.4 Å². The first-order valence-electron chi connectivity index (χ1n) is 5.70. The van der Waals surface area contributed by atoms with Crippen LogP contribution in [0.15, 0.2) is 5.51 Å². The summed E-state index contributed by atoms with van der Waals surface area (Å²) >= 11 is 1.30. The topological polar surface area (TPSA) is 78.4 Å². The molecule has 7 heteroatoms. The van der Waals surface area contributed by atoms with Crippen molar-refractivity contribution in [2.45, 2.75) is 25.3 Å². The maximum atomic E-state index is 11.7. The van der Waals surface area contributed by atoms with Crippen molar-refractivity contribution in [3.63, 3.8) is 0 Å². The van der Waals surface area contributed by atoms with Gasteiger partial charge >= 0.3 is 0 Å². The number of hydrogen-bond donors (Lipinski definition) is 2. The average molecular weight is 256 g/mol. The van der Waals surface area contributed by atoms with Gasteiger partial charge in [0.25, 0.3) is 0 Å². The van der Waals surface area contributed by atoms with Gasteiger partial charge in [-0.25, -0.2) is 0 Å². The Bertz CT molecular complexity index is 357. The fraction of sp³-hybridized carbons (Fsp3) is 0.700. The monoisotopic (exact) mass is 256 g/mol. The number of nitrogens with one attached hydrogen (secondary N) is 1. The van der Waals surface area contributed by atoms with Gasteiger partial charge in [0.2, 0.25) is 11.0 Å². The second kappa shape index (κ2) is 6.04. The Labute approximate surface area is 104 Å². The third-order valence-electron chi connectivity index (χ3n) is 2.91. The van der Waals surface area contributed by atoms with Gasteiger partial charge in [-0.2, -0.15) is 0 Å². The van der Waals surface area contributed by atoms with E-state index < -0.39 is 0 Å². The summed E-state index contributed by atoms with van der Waals surface area (Å²) in [6.45, 7) is 1.30. The Kier molecular flexibility index (Phi) is 4.41. The molecule has 0 radical (unpaired) electrons. The number of likely N-dealkylation sites (tertiary alicyclic amines) is 1. The van der Waals surface area contributed by atoms with Crippen LogP contribution in [-0.4, -0.2) is 51.8 Å². The maximum absolute atomic E-state index is 11.7. The molecule has 1 saturated heterocycles. The lowest BCUT2D eigenvalue weighted by Gasteiger charge is -2.33. The number of anilines is 1. The number of carbonyl (C=O) groups is 1. The summed E-state index contributed by atoms with van der Waals surface area (Å²) in [6.07, 6.45) is 3.17. The van der Waals surface area contributed by atoms with Crippen LogP contribution in [0.1, 0.15) is 19.3 Å². The SMILES string of the molecule is O=C(CN1CCCC[C@@H]1CO)Nc1nncs1. The zero-order chi connectivity index (χ0) is 12.1. The predicted molar refractivity (Wildman–Crippen MR) is 64.8 cm³/mol. The van der Waals surface area contributed by atoms with Crippen LogP contribution in [-0.2, 0) is 4.79 Å². The molecule has 94 valence electrons. The molecule has 0 aliphatic carbocycles. The van der Waals surface area contributed by atoms with Gasteiger partial charge in [-0.15, -0.1) is 10.2 Å². The number of nitrogens with zero attached hydrogens (tertiary/aromatic N) is 3. The molecule has 1 aromatic heterocycles. The summed E-state index contributed by atoms with van der Waals surface area (Å²) in [6, 6.07) is 0.115. The lowest BCUT2D eigenvalue weighted by atomic mass is 10.0. The molecule has 0 unspecified atom stereocenters. The largest absolute Gasteiger partial charge is 0.395 e. The Balaban J connectivity index is 1.84. The lowest BCUT2D eigenvalue weighted by Crippen LogP contribution is -2.45. The highest BCUT2D eigenvalue weighted by Crippen LogP contribution is 2.16. The van der Waals surface area contributed by atoms with E-state index in [1.54, 1.807) is 5.51 Å². The number of piperidine rings is 1. The lowest BCUT2D eigenvalue weighted by molar-refractivity contribution is -0.118. The molecule has 6 nitrogen and oxygen atoms in total. The van der Waals surface area contributed by atoms with Crippen LogP contribution >= 0.6 is 11.3 Å². The molecular weight excluding hydrogens is 240 g/mol. The molecule has 0 aromatic carbocycles. The van der Waals surface area contributed by atoms with Crippen LogP contribution in [0.2, 0.25) is 0 Å². The summed E-state index contributed by atoms with van der Waals surface area (Å²) < 4.78 is 0. The molecule has 1 aliphatic heterocycles. The Morgan fingerprint density at radius 1 is 1.65 bits per heavy atom. The minimum Gasteiger partial charge on any atom is -0.395 e. The first-order chi connectivity index (χ1) is 8.29. The third kappa shape index (κ3) is 3.45. The van der Waals surface area contributed by atoms with E-state index in [-0.39, 0.29) is 18.6 Å². The van der Waals surface area contributed by atoms with Gasteiger partial charge in [-0.3, -0.25) is 15.0 Å². The van der Waals surface area contributed by atoms with Crippen LogP contribution in [0.25, 0.3) is 0 Å². The minimum atomic E-state index is -0.0953. The van der Waals surface area contributed by atoms with Crippen molar-refractivity contribution in [1.82, 2.24) is 15.1 Å². The van der Waals surface area contributed by atoms with E-state index >= 15 is 0 Å². The van der Waals surface area contributed by atoms with Gasteiger partial charge in [-0.1, -0.05) is 17.8 Å². The van der Waals surface area contributed by atoms with Crippen molar-refractivity contribution in [1.29, 1.82) is 0 Å².